The van der Waals surface area contributed by atoms with E-state index in [1.165, 1.54) is 12.8 Å². The SMILES string of the molecule is CC1(O)CN(C2CCCCCC2O)C1. The zero-order chi connectivity index (χ0) is 10.2. The number of likely N-dealkylation sites (tertiary alicyclic amines) is 1. The van der Waals surface area contributed by atoms with Crippen LogP contribution in [0.4, 0.5) is 0 Å². The molecule has 2 fully saturated rings. The van der Waals surface area contributed by atoms with Gasteiger partial charge in [-0.05, 0) is 19.8 Å². The van der Waals surface area contributed by atoms with Gasteiger partial charge in [0, 0.05) is 19.1 Å². The van der Waals surface area contributed by atoms with Crippen molar-refractivity contribution in [2.24, 2.45) is 0 Å². The molecule has 0 aromatic heterocycles. The Morgan fingerprint density at radius 2 is 1.79 bits per heavy atom. The summed E-state index contributed by atoms with van der Waals surface area (Å²) in [7, 11) is 0. The number of β-amino-alcohol motifs (C(OH)–C–C–N with tert-alkyl or cyclic N) is 1. The Morgan fingerprint density at radius 1 is 1.14 bits per heavy atom. The van der Waals surface area contributed by atoms with Crippen molar-refractivity contribution in [3.8, 4) is 0 Å². The molecule has 0 aromatic rings. The zero-order valence-electron chi connectivity index (χ0n) is 8.95. The first-order valence-corrected chi connectivity index (χ1v) is 5.73. The highest BCUT2D eigenvalue weighted by molar-refractivity contribution is 4.97. The average Bonchev–Trinajstić information content (AvgIpc) is 2.25. The third-order valence-corrected chi connectivity index (χ3v) is 3.50. The van der Waals surface area contributed by atoms with E-state index in [1.54, 1.807) is 0 Å². The molecular weight excluding hydrogens is 178 g/mol. The van der Waals surface area contributed by atoms with Gasteiger partial charge in [-0.1, -0.05) is 19.3 Å². The van der Waals surface area contributed by atoms with Gasteiger partial charge in [-0.3, -0.25) is 4.90 Å². The van der Waals surface area contributed by atoms with Gasteiger partial charge in [0.2, 0.25) is 0 Å². The molecule has 0 aromatic carbocycles. The molecule has 0 bridgehead atoms. The van der Waals surface area contributed by atoms with Crippen LogP contribution < -0.4 is 0 Å². The Balaban J connectivity index is 1.89. The normalized spacial score (nSPS) is 38.8. The molecule has 1 saturated carbocycles. The smallest absolute Gasteiger partial charge is 0.0872 e. The summed E-state index contributed by atoms with van der Waals surface area (Å²) in [5.41, 5.74) is -0.508. The van der Waals surface area contributed by atoms with E-state index in [9.17, 15) is 10.2 Å². The molecule has 82 valence electrons. The van der Waals surface area contributed by atoms with E-state index in [-0.39, 0.29) is 6.10 Å². The number of nitrogens with zero attached hydrogens (tertiary/aromatic N) is 1. The zero-order valence-corrected chi connectivity index (χ0v) is 8.95. The van der Waals surface area contributed by atoms with Crippen LogP contribution in [0.1, 0.15) is 39.0 Å². The molecule has 1 saturated heterocycles. The van der Waals surface area contributed by atoms with Crippen molar-refractivity contribution in [3.05, 3.63) is 0 Å². The maximum Gasteiger partial charge on any atom is 0.0872 e. The lowest BCUT2D eigenvalue weighted by Crippen LogP contribution is -2.64. The third kappa shape index (κ3) is 2.10. The summed E-state index contributed by atoms with van der Waals surface area (Å²) in [6, 6.07) is 0.303. The quantitative estimate of drug-likeness (QED) is 0.612. The minimum Gasteiger partial charge on any atom is -0.391 e. The monoisotopic (exact) mass is 199 g/mol. The molecule has 1 aliphatic heterocycles. The van der Waals surface area contributed by atoms with Gasteiger partial charge in [-0.2, -0.15) is 0 Å². The molecule has 1 aliphatic carbocycles. The Hall–Kier alpha value is -0.120. The van der Waals surface area contributed by atoms with Crippen molar-refractivity contribution >= 4 is 0 Å². The van der Waals surface area contributed by atoms with Crippen molar-refractivity contribution in [1.29, 1.82) is 0 Å². The largest absolute Gasteiger partial charge is 0.391 e. The fourth-order valence-corrected chi connectivity index (χ4v) is 2.76. The van der Waals surface area contributed by atoms with E-state index >= 15 is 0 Å². The summed E-state index contributed by atoms with van der Waals surface area (Å²) in [6.45, 7) is 3.33. The van der Waals surface area contributed by atoms with E-state index in [2.05, 4.69) is 4.90 Å². The Bertz CT molecular complexity index is 197. The fourth-order valence-electron chi connectivity index (χ4n) is 2.76. The van der Waals surface area contributed by atoms with Crippen molar-refractivity contribution in [2.75, 3.05) is 13.1 Å². The van der Waals surface area contributed by atoms with Gasteiger partial charge in [0.1, 0.15) is 0 Å². The summed E-state index contributed by atoms with van der Waals surface area (Å²) in [5, 5.41) is 19.6. The van der Waals surface area contributed by atoms with Crippen LogP contribution in [-0.4, -0.2) is 45.9 Å². The van der Waals surface area contributed by atoms with Gasteiger partial charge >= 0.3 is 0 Å². The number of hydrogen-bond acceptors (Lipinski definition) is 3. The van der Waals surface area contributed by atoms with E-state index in [1.807, 2.05) is 6.92 Å². The summed E-state index contributed by atoms with van der Waals surface area (Å²) in [5.74, 6) is 0. The Kier molecular flexibility index (Phi) is 2.82. The number of aliphatic hydroxyl groups is 2. The standard InChI is InChI=1S/C11H21NO2/c1-11(14)7-12(8-11)9-5-3-2-4-6-10(9)13/h9-10,13-14H,2-8H2,1H3. The predicted octanol–water partition coefficient (Wildman–Crippen LogP) is 0.747. The van der Waals surface area contributed by atoms with Gasteiger partial charge < -0.3 is 10.2 Å². The van der Waals surface area contributed by atoms with E-state index < -0.39 is 5.60 Å². The third-order valence-electron chi connectivity index (χ3n) is 3.50. The van der Waals surface area contributed by atoms with Crippen LogP contribution in [0.25, 0.3) is 0 Å². The highest BCUT2D eigenvalue weighted by Gasteiger charge is 2.42. The molecule has 1 heterocycles. The predicted molar refractivity (Wildman–Crippen MR) is 55.1 cm³/mol. The molecule has 0 radical (unpaired) electrons. The van der Waals surface area contributed by atoms with Crippen LogP contribution in [0.15, 0.2) is 0 Å². The van der Waals surface area contributed by atoms with Gasteiger partial charge in [0.25, 0.3) is 0 Å². The molecule has 2 unspecified atom stereocenters. The van der Waals surface area contributed by atoms with Crippen LogP contribution >= 0.6 is 0 Å². The lowest BCUT2D eigenvalue weighted by Gasteiger charge is -2.49. The first-order chi connectivity index (χ1) is 6.58. The van der Waals surface area contributed by atoms with Gasteiger partial charge in [-0.15, -0.1) is 0 Å². The number of rotatable bonds is 1. The van der Waals surface area contributed by atoms with Crippen molar-refractivity contribution in [2.45, 2.75) is 56.8 Å². The maximum absolute atomic E-state index is 9.93. The topological polar surface area (TPSA) is 43.7 Å². The molecule has 14 heavy (non-hydrogen) atoms. The minimum absolute atomic E-state index is 0.173. The van der Waals surface area contributed by atoms with Crippen LogP contribution in [0.5, 0.6) is 0 Å². The highest BCUT2D eigenvalue weighted by atomic mass is 16.3. The van der Waals surface area contributed by atoms with Crippen LogP contribution in [-0.2, 0) is 0 Å². The molecule has 2 rings (SSSR count). The summed E-state index contributed by atoms with van der Waals surface area (Å²) >= 11 is 0. The lowest BCUT2D eigenvalue weighted by atomic mass is 9.91. The Morgan fingerprint density at radius 3 is 2.43 bits per heavy atom. The second-order valence-corrected chi connectivity index (χ2v) is 5.17. The van der Waals surface area contributed by atoms with Gasteiger partial charge in [0.05, 0.1) is 11.7 Å². The molecule has 0 amide bonds. The summed E-state index contributed by atoms with van der Waals surface area (Å²) in [6.07, 6.45) is 5.48. The van der Waals surface area contributed by atoms with Crippen LogP contribution in [0.2, 0.25) is 0 Å². The highest BCUT2D eigenvalue weighted by Crippen LogP contribution is 2.29. The molecule has 2 aliphatic rings. The van der Waals surface area contributed by atoms with Gasteiger partial charge in [0.15, 0.2) is 0 Å². The van der Waals surface area contributed by atoms with Crippen LogP contribution in [0, 0.1) is 0 Å². The summed E-state index contributed by atoms with van der Waals surface area (Å²) in [4.78, 5) is 2.23. The molecular formula is C11H21NO2. The second-order valence-electron chi connectivity index (χ2n) is 5.17. The molecule has 3 nitrogen and oxygen atoms in total. The lowest BCUT2D eigenvalue weighted by molar-refractivity contribution is -0.122. The van der Waals surface area contributed by atoms with E-state index in [0.29, 0.717) is 6.04 Å². The maximum atomic E-state index is 9.93. The molecule has 3 heteroatoms. The average molecular weight is 199 g/mol. The minimum atomic E-state index is -0.508. The fraction of sp³-hybridized carbons (Fsp3) is 1.00. The van der Waals surface area contributed by atoms with Crippen LogP contribution in [0.3, 0.4) is 0 Å². The first-order valence-electron chi connectivity index (χ1n) is 5.73. The molecule has 2 atom stereocenters. The molecule has 2 N–H and O–H groups in total. The number of aliphatic hydroxyl groups excluding tert-OH is 1. The molecule has 0 spiro atoms. The Labute approximate surface area is 85.7 Å². The van der Waals surface area contributed by atoms with Gasteiger partial charge in [-0.25, -0.2) is 0 Å². The van der Waals surface area contributed by atoms with E-state index in [4.69, 9.17) is 0 Å². The first kappa shape index (κ1) is 10.4. The van der Waals surface area contributed by atoms with Crippen molar-refractivity contribution in [1.82, 2.24) is 4.90 Å². The summed E-state index contributed by atoms with van der Waals surface area (Å²) < 4.78 is 0. The number of hydrogen-bond donors (Lipinski definition) is 2. The van der Waals surface area contributed by atoms with Crippen molar-refractivity contribution in [3.63, 3.8) is 0 Å². The van der Waals surface area contributed by atoms with Crippen molar-refractivity contribution < 1.29 is 10.2 Å². The second kappa shape index (κ2) is 3.80. The van der Waals surface area contributed by atoms with E-state index in [0.717, 1.165) is 32.4 Å².